The standard InChI is InChI=1S/C23H21N3OS/c1-15-4-7-18(8-5-15)21-11-9-19(13-24)23(26-21)28-14-22(27)25-20-10-6-16(2)17(3)12-20/h4-12H,14H2,1-3H3,(H,25,27). The Morgan fingerprint density at radius 3 is 2.46 bits per heavy atom. The highest BCUT2D eigenvalue weighted by atomic mass is 32.2. The van der Waals surface area contributed by atoms with Gasteiger partial charge in [0.1, 0.15) is 11.1 Å². The van der Waals surface area contributed by atoms with Crippen LogP contribution in [0.25, 0.3) is 11.3 Å². The van der Waals surface area contributed by atoms with Crippen LogP contribution in [0, 0.1) is 32.1 Å². The molecule has 1 N–H and O–H groups in total. The molecule has 4 nitrogen and oxygen atoms in total. The summed E-state index contributed by atoms with van der Waals surface area (Å²) in [5.74, 6) is 0.0612. The molecule has 0 atom stereocenters. The molecule has 1 amide bonds. The van der Waals surface area contributed by atoms with E-state index in [1.54, 1.807) is 6.07 Å². The van der Waals surface area contributed by atoms with Gasteiger partial charge in [-0.05, 0) is 56.2 Å². The van der Waals surface area contributed by atoms with Crippen molar-refractivity contribution in [2.45, 2.75) is 25.8 Å². The summed E-state index contributed by atoms with van der Waals surface area (Å²) >= 11 is 1.27. The molecule has 0 radical (unpaired) electrons. The van der Waals surface area contributed by atoms with E-state index < -0.39 is 0 Å². The predicted molar refractivity (Wildman–Crippen MR) is 114 cm³/mol. The minimum Gasteiger partial charge on any atom is -0.325 e. The number of carbonyl (C=O) groups excluding carboxylic acids is 1. The van der Waals surface area contributed by atoms with Gasteiger partial charge in [-0.25, -0.2) is 4.98 Å². The molecule has 3 aromatic rings. The highest BCUT2D eigenvalue weighted by molar-refractivity contribution is 8.00. The van der Waals surface area contributed by atoms with Gasteiger partial charge in [-0.15, -0.1) is 0 Å². The number of amides is 1. The summed E-state index contributed by atoms with van der Waals surface area (Å²) in [6.45, 7) is 6.08. The van der Waals surface area contributed by atoms with Gasteiger partial charge < -0.3 is 5.32 Å². The van der Waals surface area contributed by atoms with Crippen molar-refractivity contribution in [2.75, 3.05) is 11.1 Å². The molecule has 1 heterocycles. The third kappa shape index (κ3) is 4.79. The molecule has 0 aliphatic rings. The van der Waals surface area contributed by atoms with Crippen LogP contribution in [0.1, 0.15) is 22.3 Å². The van der Waals surface area contributed by atoms with Crippen LogP contribution in [0.3, 0.4) is 0 Å². The molecule has 140 valence electrons. The van der Waals surface area contributed by atoms with E-state index in [-0.39, 0.29) is 11.7 Å². The molecule has 0 fully saturated rings. The zero-order chi connectivity index (χ0) is 20.1. The molecule has 0 unspecified atom stereocenters. The second-order valence-electron chi connectivity index (χ2n) is 6.66. The first-order valence-electron chi connectivity index (χ1n) is 8.94. The average Bonchev–Trinajstić information content (AvgIpc) is 2.69. The molecule has 3 rings (SSSR count). The van der Waals surface area contributed by atoms with E-state index in [1.807, 2.05) is 69.3 Å². The van der Waals surface area contributed by atoms with Crippen molar-refractivity contribution < 1.29 is 4.79 Å². The van der Waals surface area contributed by atoms with Crippen LogP contribution in [0.2, 0.25) is 0 Å². The molecule has 0 saturated heterocycles. The van der Waals surface area contributed by atoms with Crippen molar-refractivity contribution in [3.63, 3.8) is 0 Å². The van der Waals surface area contributed by atoms with Crippen molar-refractivity contribution in [1.82, 2.24) is 4.98 Å². The topological polar surface area (TPSA) is 65.8 Å². The Balaban J connectivity index is 1.72. The number of benzene rings is 2. The van der Waals surface area contributed by atoms with Gasteiger partial charge in [-0.3, -0.25) is 4.79 Å². The Morgan fingerprint density at radius 2 is 1.79 bits per heavy atom. The number of rotatable bonds is 5. The van der Waals surface area contributed by atoms with E-state index in [4.69, 9.17) is 0 Å². The number of nitrogens with one attached hydrogen (secondary N) is 1. The molecule has 28 heavy (non-hydrogen) atoms. The number of aromatic nitrogens is 1. The van der Waals surface area contributed by atoms with Crippen LogP contribution in [-0.2, 0) is 4.79 Å². The van der Waals surface area contributed by atoms with Crippen molar-refractivity contribution in [2.24, 2.45) is 0 Å². The van der Waals surface area contributed by atoms with Crippen LogP contribution < -0.4 is 5.32 Å². The summed E-state index contributed by atoms with van der Waals surface area (Å²) in [6, 6.07) is 19.6. The Kier molecular flexibility index (Phi) is 6.13. The van der Waals surface area contributed by atoms with Gasteiger partial charge in [0.2, 0.25) is 5.91 Å². The van der Waals surface area contributed by atoms with Gasteiger partial charge >= 0.3 is 0 Å². The van der Waals surface area contributed by atoms with Crippen LogP contribution in [0.4, 0.5) is 5.69 Å². The van der Waals surface area contributed by atoms with Crippen LogP contribution in [0.5, 0.6) is 0 Å². The fourth-order valence-electron chi connectivity index (χ4n) is 2.67. The van der Waals surface area contributed by atoms with Gasteiger partial charge in [0, 0.05) is 11.3 Å². The van der Waals surface area contributed by atoms with E-state index in [9.17, 15) is 10.1 Å². The van der Waals surface area contributed by atoms with E-state index in [0.29, 0.717) is 10.6 Å². The average molecular weight is 388 g/mol. The molecular weight excluding hydrogens is 366 g/mol. The maximum Gasteiger partial charge on any atom is 0.234 e. The molecule has 0 bridgehead atoms. The minimum absolute atomic E-state index is 0.125. The van der Waals surface area contributed by atoms with Crippen molar-refractivity contribution >= 4 is 23.4 Å². The van der Waals surface area contributed by atoms with Crippen molar-refractivity contribution in [1.29, 1.82) is 5.26 Å². The van der Waals surface area contributed by atoms with Crippen molar-refractivity contribution in [3.05, 3.63) is 76.9 Å². The summed E-state index contributed by atoms with van der Waals surface area (Å²) in [5, 5.41) is 12.8. The summed E-state index contributed by atoms with van der Waals surface area (Å²) in [5.41, 5.74) is 6.51. The number of thioether (sulfide) groups is 1. The quantitative estimate of drug-likeness (QED) is 0.605. The van der Waals surface area contributed by atoms with E-state index >= 15 is 0 Å². The fourth-order valence-corrected chi connectivity index (χ4v) is 3.44. The third-order valence-corrected chi connectivity index (χ3v) is 5.45. The van der Waals surface area contributed by atoms with Crippen LogP contribution >= 0.6 is 11.8 Å². The number of hydrogen-bond acceptors (Lipinski definition) is 4. The maximum atomic E-state index is 12.3. The van der Waals surface area contributed by atoms with Gasteiger partial charge in [0.05, 0.1) is 17.0 Å². The lowest BCUT2D eigenvalue weighted by Crippen LogP contribution is -2.14. The summed E-state index contributed by atoms with van der Waals surface area (Å²) in [7, 11) is 0. The Hall–Kier alpha value is -3.10. The second-order valence-corrected chi connectivity index (χ2v) is 7.63. The number of nitriles is 1. The first-order chi connectivity index (χ1) is 13.5. The zero-order valence-corrected chi connectivity index (χ0v) is 16.9. The Morgan fingerprint density at radius 1 is 1.04 bits per heavy atom. The normalized spacial score (nSPS) is 10.4. The fraction of sp³-hybridized carbons (Fsp3) is 0.174. The van der Waals surface area contributed by atoms with E-state index in [1.165, 1.54) is 22.9 Å². The predicted octanol–water partition coefficient (Wildman–Crippen LogP) is 5.28. The monoisotopic (exact) mass is 387 g/mol. The SMILES string of the molecule is Cc1ccc(-c2ccc(C#N)c(SCC(=O)Nc3ccc(C)c(C)c3)n2)cc1. The number of carbonyl (C=O) groups is 1. The molecule has 0 spiro atoms. The van der Waals surface area contributed by atoms with Crippen LogP contribution in [-0.4, -0.2) is 16.6 Å². The lowest BCUT2D eigenvalue weighted by molar-refractivity contribution is -0.113. The number of hydrogen-bond donors (Lipinski definition) is 1. The highest BCUT2D eigenvalue weighted by Gasteiger charge is 2.11. The molecule has 0 aliphatic carbocycles. The van der Waals surface area contributed by atoms with E-state index in [2.05, 4.69) is 16.4 Å². The molecular formula is C23H21N3OS. The maximum absolute atomic E-state index is 12.3. The lowest BCUT2D eigenvalue weighted by atomic mass is 10.1. The molecule has 2 aromatic carbocycles. The summed E-state index contributed by atoms with van der Waals surface area (Å²) in [6.07, 6.45) is 0. The molecule has 5 heteroatoms. The number of anilines is 1. The molecule has 0 aliphatic heterocycles. The van der Waals surface area contributed by atoms with Gasteiger partial charge in [0.25, 0.3) is 0 Å². The molecule has 1 aromatic heterocycles. The zero-order valence-electron chi connectivity index (χ0n) is 16.1. The Labute approximate surface area is 169 Å². The lowest BCUT2D eigenvalue weighted by Gasteiger charge is -2.09. The number of aryl methyl sites for hydroxylation is 3. The summed E-state index contributed by atoms with van der Waals surface area (Å²) in [4.78, 5) is 16.9. The minimum atomic E-state index is -0.125. The number of pyridine rings is 1. The largest absolute Gasteiger partial charge is 0.325 e. The number of nitrogens with zero attached hydrogens (tertiary/aromatic N) is 2. The first-order valence-corrected chi connectivity index (χ1v) is 9.93. The molecule has 0 saturated carbocycles. The van der Waals surface area contributed by atoms with Gasteiger partial charge in [0.15, 0.2) is 0 Å². The highest BCUT2D eigenvalue weighted by Crippen LogP contribution is 2.26. The second kappa shape index (κ2) is 8.73. The Bertz CT molecular complexity index is 1050. The van der Waals surface area contributed by atoms with Gasteiger partial charge in [-0.1, -0.05) is 47.7 Å². The first kappa shape index (κ1) is 19.7. The van der Waals surface area contributed by atoms with Gasteiger partial charge in [-0.2, -0.15) is 5.26 Å². The van der Waals surface area contributed by atoms with Crippen LogP contribution in [0.15, 0.2) is 59.6 Å². The third-order valence-electron chi connectivity index (χ3n) is 4.46. The summed E-state index contributed by atoms with van der Waals surface area (Å²) < 4.78 is 0. The smallest absolute Gasteiger partial charge is 0.234 e. The van der Waals surface area contributed by atoms with Crippen molar-refractivity contribution in [3.8, 4) is 17.3 Å². The van der Waals surface area contributed by atoms with E-state index in [0.717, 1.165) is 22.5 Å².